The molecule has 1 aliphatic rings. The average Bonchev–Trinajstić information content (AvgIpc) is 3.34. The number of nitrogens with zero attached hydrogens (tertiary/aromatic N) is 1. The number of hydrogen-bond acceptors (Lipinski definition) is 7. The van der Waals surface area contributed by atoms with Crippen LogP contribution in [-0.2, 0) is 14.4 Å². The van der Waals surface area contributed by atoms with E-state index < -0.39 is 11.5 Å². The third-order valence-electron chi connectivity index (χ3n) is 7.00. The van der Waals surface area contributed by atoms with Crippen LogP contribution in [0.2, 0.25) is 0 Å². The minimum absolute atomic E-state index is 0.00157. The summed E-state index contributed by atoms with van der Waals surface area (Å²) < 4.78 is 0. The summed E-state index contributed by atoms with van der Waals surface area (Å²) in [4.78, 5) is 38.4. The molecule has 1 heterocycles. The number of ketones is 3. The Hall–Kier alpha value is -1.15. The van der Waals surface area contributed by atoms with E-state index in [0.29, 0.717) is 11.6 Å². The third-order valence-corrected chi connectivity index (χ3v) is 7.00. The molecule has 0 radical (unpaired) electrons. The van der Waals surface area contributed by atoms with E-state index in [1.807, 2.05) is 83.1 Å². The highest BCUT2D eigenvalue weighted by Crippen LogP contribution is 2.31. The Morgan fingerprint density at radius 3 is 1.40 bits per heavy atom. The molecule has 0 amide bonds. The molecule has 0 bridgehead atoms. The van der Waals surface area contributed by atoms with Crippen LogP contribution in [0.5, 0.6) is 0 Å². The zero-order chi connectivity index (χ0) is 36.8. The summed E-state index contributed by atoms with van der Waals surface area (Å²) in [5.41, 5.74) is -0.740. The second-order valence-corrected chi connectivity index (χ2v) is 18.0. The van der Waals surface area contributed by atoms with Crippen LogP contribution in [0.25, 0.3) is 0 Å². The Labute approximate surface area is 280 Å². The van der Waals surface area contributed by atoms with Gasteiger partial charge in [-0.05, 0) is 67.3 Å². The lowest BCUT2D eigenvalue weighted by molar-refractivity contribution is -0.132. The number of nitrogens with one attached hydrogen (secondary N) is 2. The minimum atomic E-state index is -0.431. The first kappa shape index (κ1) is 48.2. The maximum absolute atomic E-state index is 12.3. The van der Waals surface area contributed by atoms with Crippen molar-refractivity contribution in [3.8, 4) is 0 Å². The monoisotopic (exact) mass is 642 g/mol. The molecule has 7 heteroatoms. The zero-order valence-corrected chi connectivity index (χ0v) is 33.7. The normalized spacial score (nSPS) is 17.6. The van der Waals surface area contributed by atoms with E-state index in [0.717, 1.165) is 25.8 Å². The molecule has 1 aliphatic heterocycles. The lowest BCUT2D eigenvalue weighted by Gasteiger charge is -2.38. The summed E-state index contributed by atoms with van der Waals surface area (Å²) in [6.07, 6.45) is 4.30. The molecule has 270 valence electrons. The molecular weight excluding hydrogens is 562 g/mol. The molecule has 0 aromatic rings. The van der Waals surface area contributed by atoms with Gasteiger partial charge in [0.15, 0.2) is 17.3 Å². The SMILES string of the molecule is CC(C)(C)C(=O)C1CCCN1C(C)(C)C.CC(C)NC(CO)C(=O)C(C)(C)C.CCC.CCC(NC(C)(C)C)C(=O)C(C)(C)C. The quantitative estimate of drug-likeness (QED) is 0.247. The first-order valence-corrected chi connectivity index (χ1v) is 17.5. The second kappa shape index (κ2) is 20.3. The van der Waals surface area contributed by atoms with Crippen LogP contribution in [0.15, 0.2) is 0 Å². The molecule has 0 aromatic carbocycles. The molecule has 45 heavy (non-hydrogen) atoms. The first-order valence-electron chi connectivity index (χ1n) is 17.5. The fourth-order valence-corrected chi connectivity index (χ4v) is 4.88. The van der Waals surface area contributed by atoms with Crippen LogP contribution in [0.3, 0.4) is 0 Å². The summed E-state index contributed by atoms with van der Waals surface area (Å²) in [7, 11) is 0. The molecule has 1 fully saturated rings. The standard InChI is InChI=1S/C13H25NO.C12H25NO.C10H21NO2.C3H8/c1-12(2,3)11(15)10-8-7-9-14(10)13(4,5)6;1-8-9(13-12(5,6)7)10(14)11(2,3)4;1-7(2)11-8(6-12)9(13)10(3,4)5;1-3-2/h10H,7-9H2,1-6H3;9,13H,8H2,1-7H3;7-8,11-12H,6H2,1-5H3;3H2,1-2H3. The molecule has 3 atom stereocenters. The third kappa shape index (κ3) is 21.4. The Morgan fingerprint density at radius 1 is 0.733 bits per heavy atom. The summed E-state index contributed by atoms with van der Waals surface area (Å²) in [5, 5.41) is 15.4. The Morgan fingerprint density at radius 2 is 1.13 bits per heavy atom. The van der Waals surface area contributed by atoms with Gasteiger partial charge in [0.25, 0.3) is 0 Å². The van der Waals surface area contributed by atoms with Gasteiger partial charge >= 0.3 is 0 Å². The molecule has 0 aromatic heterocycles. The van der Waals surface area contributed by atoms with Gasteiger partial charge in [-0.3, -0.25) is 19.3 Å². The van der Waals surface area contributed by atoms with E-state index in [2.05, 4.69) is 70.9 Å². The average molecular weight is 642 g/mol. The number of aliphatic hydroxyl groups excluding tert-OH is 1. The molecular formula is C38H79N3O4. The zero-order valence-electron chi connectivity index (χ0n) is 33.7. The van der Waals surface area contributed by atoms with Gasteiger partial charge in [-0.25, -0.2) is 0 Å². The van der Waals surface area contributed by atoms with Crippen molar-refractivity contribution >= 4 is 17.3 Å². The van der Waals surface area contributed by atoms with Crippen molar-refractivity contribution < 1.29 is 19.5 Å². The summed E-state index contributed by atoms with van der Waals surface area (Å²) in [6.45, 7) is 41.6. The Kier molecular flexibility index (Phi) is 21.7. The van der Waals surface area contributed by atoms with Gasteiger partial charge < -0.3 is 15.7 Å². The summed E-state index contributed by atoms with van der Waals surface area (Å²) >= 11 is 0. The number of carbonyl (C=O) groups is 3. The molecule has 0 spiro atoms. The molecule has 3 unspecified atom stereocenters. The van der Waals surface area contributed by atoms with Crippen molar-refractivity contribution in [2.24, 2.45) is 16.2 Å². The van der Waals surface area contributed by atoms with Crippen molar-refractivity contribution in [1.29, 1.82) is 0 Å². The molecule has 1 rings (SSSR count). The smallest absolute Gasteiger partial charge is 0.157 e. The van der Waals surface area contributed by atoms with E-state index in [-0.39, 0.29) is 52.4 Å². The van der Waals surface area contributed by atoms with E-state index in [1.165, 1.54) is 6.42 Å². The van der Waals surface area contributed by atoms with Crippen LogP contribution >= 0.6 is 0 Å². The molecule has 3 N–H and O–H groups in total. The van der Waals surface area contributed by atoms with Crippen molar-refractivity contribution in [3.63, 3.8) is 0 Å². The van der Waals surface area contributed by atoms with E-state index in [1.54, 1.807) is 0 Å². The summed E-state index contributed by atoms with van der Waals surface area (Å²) in [5.74, 6) is 0.758. The van der Waals surface area contributed by atoms with E-state index in [4.69, 9.17) is 5.11 Å². The van der Waals surface area contributed by atoms with Crippen molar-refractivity contribution in [2.45, 2.75) is 199 Å². The van der Waals surface area contributed by atoms with Crippen molar-refractivity contribution in [2.75, 3.05) is 13.2 Å². The lowest BCUT2D eigenvalue weighted by Crippen LogP contribution is -2.50. The fraction of sp³-hybridized carbons (Fsp3) is 0.921. The number of carbonyl (C=O) groups excluding carboxylic acids is 3. The van der Waals surface area contributed by atoms with Gasteiger partial charge in [-0.1, -0.05) is 103 Å². The number of likely N-dealkylation sites (tertiary alicyclic amines) is 1. The van der Waals surface area contributed by atoms with Crippen LogP contribution in [0, 0.1) is 16.2 Å². The largest absolute Gasteiger partial charge is 0.394 e. The topological polar surface area (TPSA) is 98.7 Å². The Balaban J connectivity index is -0.000000564. The van der Waals surface area contributed by atoms with Gasteiger partial charge in [-0.15, -0.1) is 0 Å². The van der Waals surface area contributed by atoms with Crippen molar-refractivity contribution in [3.05, 3.63) is 0 Å². The number of Topliss-reactive ketones (excluding diaryl/α,β-unsaturated/α-hetero) is 3. The van der Waals surface area contributed by atoms with Gasteiger partial charge in [0.2, 0.25) is 0 Å². The summed E-state index contributed by atoms with van der Waals surface area (Å²) in [6, 6.07) is -0.0940. The number of aliphatic hydroxyl groups is 1. The highest BCUT2D eigenvalue weighted by Gasteiger charge is 2.40. The maximum atomic E-state index is 12.3. The van der Waals surface area contributed by atoms with E-state index >= 15 is 0 Å². The number of hydrogen-bond donors (Lipinski definition) is 3. The minimum Gasteiger partial charge on any atom is -0.394 e. The highest BCUT2D eigenvalue weighted by atomic mass is 16.3. The molecule has 0 saturated carbocycles. The van der Waals surface area contributed by atoms with Gasteiger partial charge in [-0.2, -0.15) is 0 Å². The maximum Gasteiger partial charge on any atom is 0.157 e. The van der Waals surface area contributed by atoms with Gasteiger partial charge in [0.1, 0.15) is 0 Å². The number of rotatable bonds is 8. The first-order chi connectivity index (χ1) is 19.9. The van der Waals surface area contributed by atoms with Crippen LogP contribution in [0.4, 0.5) is 0 Å². The predicted octanol–water partition coefficient (Wildman–Crippen LogP) is 8.01. The van der Waals surface area contributed by atoms with Crippen LogP contribution < -0.4 is 10.6 Å². The highest BCUT2D eigenvalue weighted by molar-refractivity contribution is 5.89. The predicted molar refractivity (Wildman–Crippen MR) is 195 cm³/mol. The van der Waals surface area contributed by atoms with Crippen LogP contribution in [0.1, 0.15) is 164 Å². The van der Waals surface area contributed by atoms with Crippen molar-refractivity contribution in [1.82, 2.24) is 15.5 Å². The lowest BCUT2D eigenvalue weighted by atomic mass is 9.84. The second-order valence-electron chi connectivity index (χ2n) is 18.0. The van der Waals surface area contributed by atoms with Crippen LogP contribution in [-0.4, -0.2) is 75.8 Å². The molecule has 0 aliphatic carbocycles. The van der Waals surface area contributed by atoms with E-state index in [9.17, 15) is 14.4 Å². The molecule has 7 nitrogen and oxygen atoms in total. The fourth-order valence-electron chi connectivity index (χ4n) is 4.88. The Bertz CT molecular complexity index is 847. The van der Waals surface area contributed by atoms with Gasteiger partial charge in [0, 0.05) is 33.4 Å². The van der Waals surface area contributed by atoms with Gasteiger partial charge in [0.05, 0.1) is 24.7 Å². The molecule has 1 saturated heterocycles.